The van der Waals surface area contributed by atoms with Gasteiger partial charge in [0.25, 0.3) is 0 Å². The number of hydrogen-bond acceptors (Lipinski definition) is 5. The summed E-state index contributed by atoms with van der Waals surface area (Å²) in [6, 6.07) is 8.26. The molecule has 1 aliphatic rings. The van der Waals surface area contributed by atoms with Crippen LogP contribution in [0.2, 0.25) is 5.02 Å². The Morgan fingerprint density at radius 2 is 1.57 bits per heavy atom. The highest BCUT2D eigenvalue weighted by Crippen LogP contribution is 2.37. The molecule has 0 atom stereocenters. The summed E-state index contributed by atoms with van der Waals surface area (Å²) < 4.78 is 11.6. The number of hydrogen-bond donors (Lipinski definition) is 0. The van der Waals surface area contributed by atoms with E-state index in [1.807, 2.05) is 25.4 Å². The predicted molar refractivity (Wildman–Crippen MR) is 113 cm³/mol. The van der Waals surface area contributed by atoms with Crippen molar-refractivity contribution in [3.63, 3.8) is 0 Å². The van der Waals surface area contributed by atoms with Gasteiger partial charge in [-0.05, 0) is 48.7 Å². The van der Waals surface area contributed by atoms with E-state index in [1.54, 1.807) is 0 Å². The molecule has 6 heteroatoms. The standard InChI is InChI=1S/C22H30ClN3O2/c1-3-13-28-22-20(23)14-19(15-21(22)27-4-2)17-26-11-9-25(10-12-26)16-18-5-7-24-8-6-18/h5-8,14-15H,3-4,9-13,16-17H2,1-2H3. The summed E-state index contributed by atoms with van der Waals surface area (Å²) >= 11 is 6.50. The van der Waals surface area contributed by atoms with Crippen LogP contribution in [0.3, 0.4) is 0 Å². The van der Waals surface area contributed by atoms with Crippen LogP contribution in [0.25, 0.3) is 0 Å². The lowest BCUT2D eigenvalue weighted by molar-refractivity contribution is 0.122. The van der Waals surface area contributed by atoms with Gasteiger partial charge >= 0.3 is 0 Å². The summed E-state index contributed by atoms with van der Waals surface area (Å²) in [6.45, 7) is 11.4. The van der Waals surface area contributed by atoms with Crippen molar-refractivity contribution >= 4 is 11.6 Å². The molecule has 5 nitrogen and oxygen atoms in total. The van der Waals surface area contributed by atoms with Gasteiger partial charge in [0, 0.05) is 51.7 Å². The fraction of sp³-hybridized carbons (Fsp3) is 0.500. The van der Waals surface area contributed by atoms with Crippen LogP contribution in [-0.4, -0.2) is 54.2 Å². The zero-order chi connectivity index (χ0) is 19.8. The maximum absolute atomic E-state index is 6.50. The van der Waals surface area contributed by atoms with E-state index in [4.69, 9.17) is 21.1 Å². The third-order valence-electron chi connectivity index (χ3n) is 4.85. The van der Waals surface area contributed by atoms with Gasteiger partial charge in [-0.1, -0.05) is 18.5 Å². The topological polar surface area (TPSA) is 37.8 Å². The van der Waals surface area contributed by atoms with Crippen molar-refractivity contribution in [1.29, 1.82) is 0 Å². The average Bonchev–Trinajstić information content (AvgIpc) is 2.70. The molecule has 0 amide bonds. The Kier molecular flexibility index (Phi) is 7.95. The molecule has 1 saturated heterocycles. The molecule has 0 N–H and O–H groups in total. The lowest BCUT2D eigenvalue weighted by Gasteiger charge is -2.34. The van der Waals surface area contributed by atoms with Crippen molar-refractivity contribution in [3.05, 3.63) is 52.8 Å². The number of halogens is 1. The molecule has 1 aliphatic heterocycles. The van der Waals surface area contributed by atoms with Crippen LogP contribution in [0.15, 0.2) is 36.7 Å². The van der Waals surface area contributed by atoms with Gasteiger partial charge in [0.15, 0.2) is 11.5 Å². The predicted octanol–water partition coefficient (Wildman–Crippen LogP) is 4.24. The third-order valence-corrected chi connectivity index (χ3v) is 5.13. The molecule has 1 aromatic carbocycles. The fourth-order valence-corrected chi connectivity index (χ4v) is 3.72. The van der Waals surface area contributed by atoms with Crippen LogP contribution >= 0.6 is 11.6 Å². The number of benzene rings is 1. The zero-order valence-electron chi connectivity index (χ0n) is 16.9. The van der Waals surface area contributed by atoms with Crippen molar-refractivity contribution in [2.75, 3.05) is 39.4 Å². The molecule has 28 heavy (non-hydrogen) atoms. The second-order valence-corrected chi connectivity index (χ2v) is 7.50. The monoisotopic (exact) mass is 403 g/mol. The Morgan fingerprint density at radius 3 is 2.18 bits per heavy atom. The van der Waals surface area contributed by atoms with Crippen LogP contribution in [0.4, 0.5) is 0 Å². The maximum Gasteiger partial charge on any atom is 0.179 e. The van der Waals surface area contributed by atoms with Crippen molar-refractivity contribution in [2.24, 2.45) is 0 Å². The van der Waals surface area contributed by atoms with Gasteiger partial charge in [-0.25, -0.2) is 0 Å². The van der Waals surface area contributed by atoms with Crippen LogP contribution in [0, 0.1) is 0 Å². The van der Waals surface area contributed by atoms with Gasteiger partial charge in [0.1, 0.15) is 0 Å². The molecule has 0 saturated carbocycles. The Bertz CT molecular complexity index is 734. The molecule has 0 spiro atoms. The second kappa shape index (κ2) is 10.6. The Labute approximate surface area is 173 Å². The first-order chi connectivity index (χ1) is 13.7. The Balaban J connectivity index is 1.58. The average molecular weight is 404 g/mol. The maximum atomic E-state index is 6.50. The number of pyridine rings is 1. The van der Waals surface area contributed by atoms with E-state index >= 15 is 0 Å². The van der Waals surface area contributed by atoms with Gasteiger partial charge in [-0.3, -0.25) is 14.8 Å². The van der Waals surface area contributed by atoms with E-state index in [2.05, 4.69) is 39.9 Å². The highest BCUT2D eigenvalue weighted by molar-refractivity contribution is 6.32. The number of nitrogens with zero attached hydrogens (tertiary/aromatic N) is 3. The third kappa shape index (κ3) is 5.84. The Hall–Kier alpha value is -1.82. The molecule has 0 aliphatic carbocycles. The molecular weight excluding hydrogens is 374 g/mol. The van der Waals surface area contributed by atoms with Crippen molar-refractivity contribution in [1.82, 2.24) is 14.8 Å². The quantitative estimate of drug-likeness (QED) is 0.626. The lowest BCUT2D eigenvalue weighted by atomic mass is 10.1. The summed E-state index contributed by atoms with van der Waals surface area (Å²) in [7, 11) is 0. The largest absolute Gasteiger partial charge is 0.490 e. The van der Waals surface area contributed by atoms with Crippen LogP contribution < -0.4 is 9.47 Å². The van der Waals surface area contributed by atoms with Gasteiger partial charge in [-0.15, -0.1) is 0 Å². The molecule has 0 unspecified atom stereocenters. The summed E-state index contributed by atoms with van der Waals surface area (Å²) in [5.74, 6) is 1.41. The number of aromatic nitrogens is 1. The molecule has 0 radical (unpaired) electrons. The van der Waals surface area contributed by atoms with Gasteiger partial charge < -0.3 is 9.47 Å². The smallest absolute Gasteiger partial charge is 0.179 e. The summed E-state index contributed by atoms with van der Waals surface area (Å²) in [5.41, 5.74) is 2.49. The van der Waals surface area contributed by atoms with Gasteiger partial charge in [0.05, 0.1) is 18.2 Å². The molecule has 152 valence electrons. The minimum atomic E-state index is 0.593. The first-order valence-corrected chi connectivity index (χ1v) is 10.5. The van der Waals surface area contributed by atoms with E-state index in [1.165, 1.54) is 11.1 Å². The minimum Gasteiger partial charge on any atom is -0.490 e. The van der Waals surface area contributed by atoms with Crippen molar-refractivity contribution in [3.8, 4) is 11.5 Å². The van der Waals surface area contributed by atoms with Crippen molar-refractivity contribution in [2.45, 2.75) is 33.4 Å². The molecule has 0 bridgehead atoms. The molecule has 1 fully saturated rings. The van der Waals surface area contributed by atoms with Crippen LogP contribution in [0.1, 0.15) is 31.4 Å². The first kappa shape index (κ1) is 20.9. The van der Waals surface area contributed by atoms with E-state index in [0.717, 1.165) is 51.4 Å². The SMILES string of the molecule is CCCOc1c(Cl)cc(CN2CCN(Cc3ccncc3)CC2)cc1OCC. The summed E-state index contributed by atoms with van der Waals surface area (Å²) in [4.78, 5) is 9.05. The van der Waals surface area contributed by atoms with Crippen LogP contribution in [0.5, 0.6) is 11.5 Å². The molecule has 1 aromatic heterocycles. The molecule has 2 heterocycles. The van der Waals surface area contributed by atoms with E-state index in [0.29, 0.717) is 24.0 Å². The summed E-state index contributed by atoms with van der Waals surface area (Å²) in [6.07, 6.45) is 4.66. The van der Waals surface area contributed by atoms with Gasteiger partial charge in [0.2, 0.25) is 0 Å². The first-order valence-electron chi connectivity index (χ1n) is 10.1. The zero-order valence-corrected chi connectivity index (χ0v) is 17.6. The second-order valence-electron chi connectivity index (χ2n) is 7.09. The highest BCUT2D eigenvalue weighted by atomic mass is 35.5. The van der Waals surface area contributed by atoms with E-state index in [-0.39, 0.29) is 0 Å². The van der Waals surface area contributed by atoms with Crippen LogP contribution in [-0.2, 0) is 13.1 Å². The molecular formula is C22H30ClN3O2. The summed E-state index contributed by atoms with van der Waals surface area (Å²) in [5, 5.41) is 0.630. The Morgan fingerprint density at radius 1 is 0.929 bits per heavy atom. The normalized spacial score (nSPS) is 15.5. The van der Waals surface area contributed by atoms with Gasteiger partial charge in [-0.2, -0.15) is 0 Å². The van der Waals surface area contributed by atoms with E-state index in [9.17, 15) is 0 Å². The van der Waals surface area contributed by atoms with Crippen molar-refractivity contribution < 1.29 is 9.47 Å². The molecule has 3 rings (SSSR count). The number of piperazine rings is 1. The number of rotatable bonds is 9. The minimum absolute atomic E-state index is 0.593. The molecule has 2 aromatic rings. The fourth-order valence-electron chi connectivity index (χ4n) is 3.43. The van der Waals surface area contributed by atoms with E-state index < -0.39 is 0 Å². The highest BCUT2D eigenvalue weighted by Gasteiger charge is 2.19. The lowest BCUT2D eigenvalue weighted by Crippen LogP contribution is -2.45. The number of ether oxygens (including phenoxy) is 2.